The van der Waals surface area contributed by atoms with Gasteiger partial charge in [0.05, 0.1) is 6.04 Å². The topological polar surface area (TPSA) is 113 Å². The maximum Gasteiger partial charge on any atom is 0.326 e. The van der Waals surface area contributed by atoms with Crippen molar-refractivity contribution in [2.24, 2.45) is 0 Å². The lowest BCUT2D eigenvalue weighted by Crippen LogP contribution is -2.57. The predicted molar refractivity (Wildman–Crippen MR) is 123 cm³/mol. The molecule has 2 heterocycles. The Morgan fingerprint density at radius 2 is 1.79 bits per heavy atom. The van der Waals surface area contributed by atoms with Crippen LogP contribution >= 0.6 is 0 Å². The monoisotopic (exact) mass is 464 g/mol. The highest BCUT2D eigenvalue weighted by Crippen LogP contribution is 2.39. The van der Waals surface area contributed by atoms with E-state index in [0.29, 0.717) is 19.3 Å². The van der Waals surface area contributed by atoms with Crippen molar-refractivity contribution in [3.05, 3.63) is 71.3 Å². The second kappa shape index (κ2) is 10.1. The van der Waals surface area contributed by atoms with Crippen LogP contribution in [0.3, 0.4) is 0 Å². The number of piperidine rings is 1. The van der Waals surface area contributed by atoms with Crippen LogP contribution in [-0.2, 0) is 36.8 Å². The maximum atomic E-state index is 13.6. The Bertz CT molecular complexity index is 1090. The number of ether oxygens (including phenoxy) is 1. The molecule has 2 aliphatic heterocycles. The Labute approximate surface area is 197 Å². The fraction of sp³-hybridized carbons (Fsp3) is 0.385. The zero-order valence-electron chi connectivity index (χ0n) is 19.0. The first-order chi connectivity index (χ1) is 16.3. The van der Waals surface area contributed by atoms with E-state index in [9.17, 15) is 24.3 Å². The van der Waals surface area contributed by atoms with Gasteiger partial charge in [0.15, 0.2) is 6.10 Å². The SMILES string of the molecule is CC(=O)O[C@H](Cc1ccccc1)C(=O)NC1Cc2ccccc2C2CCCC(C(=O)O)N2C1=O. The van der Waals surface area contributed by atoms with Crippen LogP contribution in [0.2, 0.25) is 0 Å². The minimum atomic E-state index is -1.11. The van der Waals surface area contributed by atoms with Crippen LogP contribution in [0.5, 0.6) is 0 Å². The summed E-state index contributed by atoms with van der Waals surface area (Å²) in [6.07, 6.45) is 1.01. The number of esters is 1. The fourth-order valence-corrected chi connectivity index (χ4v) is 4.98. The summed E-state index contributed by atoms with van der Waals surface area (Å²) in [5, 5.41) is 12.6. The number of fused-ring (bicyclic) bond motifs is 3. The molecule has 34 heavy (non-hydrogen) atoms. The molecule has 2 aromatic rings. The molecule has 178 valence electrons. The Hall–Kier alpha value is -3.68. The van der Waals surface area contributed by atoms with Crippen LogP contribution in [0.15, 0.2) is 54.6 Å². The number of nitrogens with zero attached hydrogens (tertiary/aromatic N) is 1. The third-order valence-corrected chi connectivity index (χ3v) is 6.48. The molecule has 0 aliphatic carbocycles. The molecule has 2 aliphatic rings. The molecule has 3 unspecified atom stereocenters. The number of carbonyl (C=O) groups excluding carboxylic acids is 3. The van der Waals surface area contributed by atoms with Crippen LogP contribution in [0.25, 0.3) is 0 Å². The van der Waals surface area contributed by atoms with Gasteiger partial charge in [0.1, 0.15) is 12.1 Å². The summed E-state index contributed by atoms with van der Waals surface area (Å²) in [4.78, 5) is 52.0. The second-order valence-corrected chi connectivity index (χ2v) is 8.80. The highest BCUT2D eigenvalue weighted by Gasteiger charge is 2.44. The Morgan fingerprint density at radius 3 is 2.50 bits per heavy atom. The lowest BCUT2D eigenvalue weighted by atomic mass is 9.89. The van der Waals surface area contributed by atoms with Gasteiger partial charge < -0.3 is 20.1 Å². The van der Waals surface area contributed by atoms with Gasteiger partial charge >= 0.3 is 11.9 Å². The molecule has 0 aromatic heterocycles. The first-order valence-electron chi connectivity index (χ1n) is 11.5. The molecule has 0 bridgehead atoms. The smallest absolute Gasteiger partial charge is 0.326 e. The van der Waals surface area contributed by atoms with Crippen molar-refractivity contribution in [3.63, 3.8) is 0 Å². The molecule has 2 amide bonds. The number of carbonyl (C=O) groups is 4. The van der Waals surface area contributed by atoms with Crippen LogP contribution in [0, 0.1) is 0 Å². The molecule has 2 aromatic carbocycles. The lowest BCUT2D eigenvalue weighted by Gasteiger charge is -2.40. The van der Waals surface area contributed by atoms with E-state index in [0.717, 1.165) is 16.7 Å². The zero-order valence-corrected chi connectivity index (χ0v) is 19.0. The third kappa shape index (κ3) is 4.95. The van der Waals surface area contributed by atoms with Gasteiger partial charge in [-0.3, -0.25) is 14.4 Å². The Morgan fingerprint density at radius 1 is 1.09 bits per heavy atom. The number of rotatable bonds is 6. The molecular formula is C26H28N2O6. The first-order valence-corrected chi connectivity index (χ1v) is 11.5. The summed E-state index contributed by atoms with van der Waals surface area (Å²) >= 11 is 0. The van der Waals surface area contributed by atoms with Crippen molar-refractivity contribution < 1.29 is 29.0 Å². The predicted octanol–water partition coefficient (Wildman–Crippen LogP) is 2.41. The summed E-state index contributed by atoms with van der Waals surface area (Å²) in [6.45, 7) is 1.23. The van der Waals surface area contributed by atoms with Crippen LogP contribution in [-0.4, -0.2) is 51.9 Å². The number of hydrogen-bond donors (Lipinski definition) is 2. The molecular weight excluding hydrogens is 436 g/mol. The quantitative estimate of drug-likeness (QED) is 0.635. The number of carboxylic acid groups (broad SMARTS) is 1. The standard InChI is InChI=1S/C26H28N2O6/c1-16(29)34-23(14-17-8-3-2-4-9-17)24(30)27-20-15-18-10-5-6-11-19(18)21-12-7-13-22(26(32)33)28(21)25(20)31/h2-6,8-11,20-23H,7,12-15H2,1H3,(H,27,30)(H,32,33)/t20?,21?,22?,23-/m1/s1. The molecule has 4 atom stereocenters. The van der Waals surface area contributed by atoms with E-state index in [1.54, 1.807) is 0 Å². The first kappa shape index (κ1) is 23.5. The summed E-state index contributed by atoms with van der Waals surface area (Å²) in [5.74, 6) is -2.67. The molecule has 4 rings (SSSR count). The van der Waals surface area contributed by atoms with Crippen molar-refractivity contribution in [1.82, 2.24) is 10.2 Å². The average molecular weight is 465 g/mol. The minimum Gasteiger partial charge on any atom is -0.480 e. The van der Waals surface area contributed by atoms with Gasteiger partial charge in [-0.05, 0) is 36.0 Å². The highest BCUT2D eigenvalue weighted by molar-refractivity contribution is 5.93. The second-order valence-electron chi connectivity index (χ2n) is 8.80. The number of amides is 2. The van der Waals surface area contributed by atoms with Crippen LogP contribution in [0.4, 0.5) is 0 Å². The molecule has 0 saturated carbocycles. The van der Waals surface area contributed by atoms with Gasteiger partial charge in [0.2, 0.25) is 5.91 Å². The molecule has 1 fully saturated rings. The number of nitrogens with one attached hydrogen (secondary N) is 1. The summed E-state index contributed by atoms with van der Waals surface area (Å²) in [7, 11) is 0. The molecule has 0 radical (unpaired) electrons. The van der Waals surface area contributed by atoms with E-state index < -0.39 is 41.9 Å². The van der Waals surface area contributed by atoms with E-state index >= 15 is 0 Å². The Balaban J connectivity index is 1.63. The lowest BCUT2D eigenvalue weighted by molar-refractivity contribution is -0.158. The fourth-order valence-electron chi connectivity index (χ4n) is 4.98. The van der Waals surface area contributed by atoms with Gasteiger partial charge in [-0.2, -0.15) is 0 Å². The zero-order chi connectivity index (χ0) is 24.2. The molecule has 1 saturated heterocycles. The molecule has 0 spiro atoms. The van der Waals surface area contributed by atoms with Crippen LogP contribution < -0.4 is 5.32 Å². The van der Waals surface area contributed by atoms with Gasteiger partial charge in [0.25, 0.3) is 5.91 Å². The van der Waals surface area contributed by atoms with Crippen molar-refractivity contribution in [2.75, 3.05) is 0 Å². The Kier molecular flexibility index (Phi) is 6.95. The molecule has 8 heteroatoms. The van der Waals surface area contributed by atoms with Crippen molar-refractivity contribution in [1.29, 1.82) is 0 Å². The van der Waals surface area contributed by atoms with Gasteiger partial charge in [-0.25, -0.2) is 4.79 Å². The van der Waals surface area contributed by atoms with E-state index in [2.05, 4.69) is 5.32 Å². The summed E-state index contributed by atoms with van der Waals surface area (Å²) in [6, 6.07) is 14.5. The van der Waals surface area contributed by atoms with Gasteiger partial charge in [-0.15, -0.1) is 0 Å². The van der Waals surface area contributed by atoms with Crippen LogP contribution in [0.1, 0.15) is 48.9 Å². The van der Waals surface area contributed by atoms with E-state index in [1.165, 1.54) is 11.8 Å². The number of carboxylic acids is 1. The van der Waals surface area contributed by atoms with Crippen molar-refractivity contribution >= 4 is 23.8 Å². The molecule has 8 nitrogen and oxygen atoms in total. The normalized spacial score (nSPS) is 22.6. The third-order valence-electron chi connectivity index (χ3n) is 6.48. The average Bonchev–Trinajstić information content (AvgIpc) is 2.94. The number of aliphatic carboxylic acids is 1. The van der Waals surface area contributed by atoms with Gasteiger partial charge in [0, 0.05) is 19.8 Å². The molecule has 2 N–H and O–H groups in total. The van der Waals surface area contributed by atoms with E-state index in [4.69, 9.17) is 4.74 Å². The largest absolute Gasteiger partial charge is 0.480 e. The van der Waals surface area contributed by atoms with Crippen molar-refractivity contribution in [3.8, 4) is 0 Å². The highest BCUT2D eigenvalue weighted by atomic mass is 16.5. The van der Waals surface area contributed by atoms with Gasteiger partial charge in [-0.1, -0.05) is 54.6 Å². The maximum absolute atomic E-state index is 13.6. The summed E-state index contributed by atoms with van der Waals surface area (Å²) in [5.41, 5.74) is 2.62. The van der Waals surface area contributed by atoms with E-state index in [1.807, 2.05) is 54.6 Å². The van der Waals surface area contributed by atoms with E-state index in [-0.39, 0.29) is 18.9 Å². The minimum absolute atomic E-state index is 0.161. The van der Waals surface area contributed by atoms with Crippen molar-refractivity contribution in [2.45, 2.75) is 63.3 Å². The number of benzene rings is 2. The summed E-state index contributed by atoms with van der Waals surface area (Å²) < 4.78 is 5.29. The number of hydrogen-bond acceptors (Lipinski definition) is 5.